The highest BCUT2D eigenvalue weighted by Crippen LogP contribution is 2.38. The van der Waals surface area contributed by atoms with Crippen LogP contribution in [0.15, 0.2) is 114 Å². The smallest absolute Gasteiger partial charge is 0.227 e. The SMILES string of the molecule is CC(C)(C)Cc1ccc2c(n1)oc1c(-c3nc4ccccc4n3-c3ccc(-c4ccccc4)cc3)cccc12. The monoisotopic (exact) mass is 507 g/mol. The van der Waals surface area contributed by atoms with Gasteiger partial charge in [-0.05, 0) is 65.4 Å². The first-order chi connectivity index (χ1) is 18.9. The second-order valence-corrected chi connectivity index (χ2v) is 11.3. The minimum Gasteiger partial charge on any atom is -0.437 e. The molecule has 39 heavy (non-hydrogen) atoms. The van der Waals surface area contributed by atoms with Crippen molar-refractivity contribution >= 4 is 33.1 Å². The Morgan fingerprint density at radius 1 is 0.667 bits per heavy atom. The second kappa shape index (κ2) is 8.95. The molecule has 190 valence electrons. The zero-order valence-electron chi connectivity index (χ0n) is 22.3. The number of hydrogen-bond acceptors (Lipinski definition) is 3. The molecule has 4 heteroatoms. The first-order valence-corrected chi connectivity index (χ1v) is 13.4. The fourth-order valence-electron chi connectivity index (χ4n) is 5.44. The molecule has 0 saturated carbocycles. The molecule has 3 heterocycles. The topological polar surface area (TPSA) is 43.9 Å². The molecule has 0 spiro atoms. The third-order valence-corrected chi connectivity index (χ3v) is 7.17. The van der Waals surface area contributed by atoms with Crippen molar-refractivity contribution in [1.82, 2.24) is 14.5 Å². The van der Waals surface area contributed by atoms with Crippen LogP contribution in [0.5, 0.6) is 0 Å². The van der Waals surface area contributed by atoms with Crippen LogP contribution in [0, 0.1) is 5.41 Å². The van der Waals surface area contributed by atoms with E-state index < -0.39 is 0 Å². The van der Waals surface area contributed by atoms with Gasteiger partial charge in [-0.3, -0.25) is 4.57 Å². The molecule has 0 atom stereocenters. The molecular weight excluding hydrogens is 478 g/mol. The summed E-state index contributed by atoms with van der Waals surface area (Å²) in [6.07, 6.45) is 0.890. The molecule has 0 N–H and O–H groups in total. The average Bonchev–Trinajstić information content (AvgIpc) is 3.51. The summed E-state index contributed by atoms with van der Waals surface area (Å²) in [5.41, 5.74) is 9.06. The Morgan fingerprint density at radius 3 is 2.21 bits per heavy atom. The highest BCUT2D eigenvalue weighted by molar-refractivity contribution is 6.08. The van der Waals surface area contributed by atoms with Gasteiger partial charge in [-0.2, -0.15) is 0 Å². The Labute approximate surface area is 227 Å². The van der Waals surface area contributed by atoms with Crippen LogP contribution < -0.4 is 0 Å². The van der Waals surface area contributed by atoms with E-state index in [2.05, 4.69) is 122 Å². The first kappa shape index (κ1) is 23.4. The first-order valence-electron chi connectivity index (χ1n) is 13.4. The standard InChI is InChI=1S/C35H29N3O/c1-35(2,3)22-25-18-21-28-27-12-9-13-29(32(27)39-34(28)36-25)33-37-30-14-7-8-15-31(30)38(33)26-19-16-24(17-20-26)23-10-5-4-6-11-23/h4-21H,22H2,1-3H3. The van der Waals surface area contributed by atoms with Crippen molar-refractivity contribution in [2.24, 2.45) is 5.41 Å². The average molecular weight is 508 g/mol. The van der Waals surface area contributed by atoms with Crippen LogP contribution in [0.4, 0.5) is 0 Å². The summed E-state index contributed by atoms with van der Waals surface area (Å²) >= 11 is 0. The summed E-state index contributed by atoms with van der Waals surface area (Å²) in [6, 6.07) is 38.0. The van der Waals surface area contributed by atoms with Crippen LogP contribution in [-0.2, 0) is 6.42 Å². The van der Waals surface area contributed by atoms with Crippen LogP contribution in [0.2, 0.25) is 0 Å². The van der Waals surface area contributed by atoms with Crippen molar-refractivity contribution < 1.29 is 4.42 Å². The summed E-state index contributed by atoms with van der Waals surface area (Å²) < 4.78 is 8.72. The Morgan fingerprint density at radius 2 is 1.41 bits per heavy atom. The van der Waals surface area contributed by atoms with E-state index in [4.69, 9.17) is 14.4 Å². The third-order valence-electron chi connectivity index (χ3n) is 7.17. The van der Waals surface area contributed by atoms with Crippen LogP contribution in [0.1, 0.15) is 26.5 Å². The number of fused-ring (bicyclic) bond motifs is 4. The second-order valence-electron chi connectivity index (χ2n) is 11.3. The molecule has 4 aromatic carbocycles. The summed E-state index contributed by atoms with van der Waals surface area (Å²) in [4.78, 5) is 10.0. The highest BCUT2D eigenvalue weighted by atomic mass is 16.3. The predicted octanol–water partition coefficient (Wildman–Crippen LogP) is 9.24. The Hall–Kier alpha value is -4.70. The van der Waals surface area contributed by atoms with Crippen LogP contribution in [-0.4, -0.2) is 14.5 Å². The molecule has 0 bridgehead atoms. The quantitative estimate of drug-likeness (QED) is 0.238. The van der Waals surface area contributed by atoms with Gasteiger partial charge in [0.1, 0.15) is 11.4 Å². The molecule has 0 unspecified atom stereocenters. The summed E-state index contributed by atoms with van der Waals surface area (Å²) in [7, 11) is 0. The zero-order valence-corrected chi connectivity index (χ0v) is 22.3. The van der Waals surface area contributed by atoms with Crippen molar-refractivity contribution in [1.29, 1.82) is 0 Å². The van der Waals surface area contributed by atoms with E-state index >= 15 is 0 Å². The Kier molecular flexibility index (Phi) is 5.38. The minimum atomic E-state index is 0.152. The number of furan rings is 1. The number of nitrogens with zero attached hydrogens (tertiary/aromatic N) is 3. The van der Waals surface area contributed by atoms with Gasteiger partial charge in [0.15, 0.2) is 0 Å². The molecule has 0 aliphatic heterocycles. The molecule has 0 amide bonds. The number of benzene rings is 4. The fraction of sp³-hybridized carbons (Fsp3) is 0.143. The van der Waals surface area contributed by atoms with Gasteiger partial charge >= 0.3 is 0 Å². The molecule has 4 nitrogen and oxygen atoms in total. The largest absolute Gasteiger partial charge is 0.437 e. The molecule has 0 saturated heterocycles. The molecule has 7 rings (SSSR count). The number of para-hydroxylation sites is 3. The molecular formula is C35H29N3O. The van der Waals surface area contributed by atoms with Gasteiger partial charge in [0.25, 0.3) is 0 Å². The van der Waals surface area contributed by atoms with Crippen molar-refractivity contribution in [2.75, 3.05) is 0 Å². The van der Waals surface area contributed by atoms with Crippen molar-refractivity contribution in [3.63, 3.8) is 0 Å². The lowest BCUT2D eigenvalue weighted by molar-refractivity contribution is 0.406. The van der Waals surface area contributed by atoms with E-state index in [0.717, 1.165) is 56.6 Å². The third kappa shape index (κ3) is 4.18. The van der Waals surface area contributed by atoms with Gasteiger partial charge in [0.2, 0.25) is 5.71 Å². The lowest BCUT2D eigenvalue weighted by atomic mass is 9.90. The van der Waals surface area contributed by atoms with Gasteiger partial charge in [0, 0.05) is 22.2 Å². The van der Waals surface area contributed by atoms with E-state index in [0.29, 0.717) is 5.71 Å². The molecule has 0 radical (unpaired) electrons. The number of pyridine rings is 1. The van der Waals surface area contributed by atoms with Crippen LogP contribution >= 0.6 is 0 Å². The number of rotatable bonds is 4. The summed E-state index contributed by atoms with van der Waals surface area (Å²) in [5.74, 6) is 0.850. The van der Waals surface area contributed by atoms with Gasteiger partial charge in [-0.15, -0.1) is 0 Å². The minimum absolute atomic E-state index is 0.152. The lowest BCUT2D eigenvalue weighted by Crippen LogP contribution is -2.10. The maximum Gasteiger partial charge on any atom is 0.227 e. The van der Waals surface area contributed by atoms with Crippen molar-refractivity contribution in [2.45, 2.75) is 27.2 Å². The van der Waals surface area contributed by atoms with Gasteiger partial charge < -0.3 is 4.42 Å². The zero-order chi connectivity index (χ0) is 26.6. The molecule has 3 aromatic heterocycles. The van der Waals surface area contributed by atoms with Crippen molar-refractivity contribution in [3.05, 3.63) is 115 Å². The van der Waals surface area contributed by atoms with Gasteiger partial charge in [-0.25, -0.2) is 9.97 Å². The Balaban J connectivity index is 1.41. The van der Waals surface area contributed by atoms with Gasteiger partial charge in [-0.1, -0.05) is 87.5 Å². The molecule has 0 fully saturated rings. The van der Waals surface area contributed by atoms with E-state index in [1.165, 1.54) is 11.1 Å². The Bertz CT molecular complexity index is 1960. The maximum absolute atomic E-state index is 6.49. The fourth-order valence-corrected chi connectivity index (χ4v) is 5.44. The molecule has 7 aromatic rings. The maximum atomic E-state index is 6.49. The van der Waals surface area contributed by atoms with E-state index in [1.54, 1.807) is 0 Å². The summed E-state index contributed by atoms with van der Waals surface area (Å²) in [6.45, 7) is 6.69. The van der Waals surface area contributed by atoms with Crippen molar-refractivity contribution in [3.8, 4) is 28.2 Å². The van der Waals surface area contributed by atoms with Crippen LogP contribution in [0.25, 0.3) is 61.3 Å². The van der Waals surface area contributed by atoms with E-state index in [1.807, 2.05) is 12.1 Å². The van der Waals surface area contributed by atoms with Gasteiger partial charge in [0.05, 0.1) is 16.6 Å². The molecule has 0 aliphatic rings. The number of imidazole rings is 1. The highest BCUT2D eigenvalue weighted by Gasteiger charge is 2.21. The van der Waals surface area contributed by atoms with E-state index in [9.17, 15) is 0 Å². The van der Waals surface area contributed by atoms with E-state index in [-0.39, 0.29) is 5.41 Å². The number of aromatic nitrogens is 3. The summed E-state index contributed by atoms with van der Waals surface area (Å²) in [5, 5.41) is 2.08. The lowest BCUT2D eigenvalue weighted by Gasteiger charge is -2.16. The van der Waals surface area contributed by atoms with Crippen LogP contribution in [0.3, 0.4) is 0 Å². The predicted molar refractivity (Wildman–Crippen MR) is 160 cm³/mol. The normalized spacial score (nSPS) is 12.1. The number of hydrogen-bond donors (Lipinski definition) is 0. The molecule has 0 aliphatic carbocycles.